The van der Waals surface area contributed by atoms with Crippen LogP contribution in [0.5, 0.6) is 0 Å². The van der Waals surface area contributed by atoms with Gasteiger partial charge in [0.15, 0.2) is 0 Å². The first-order valence-electron chi connectivity index (χ1n) is 9.25. The zero-order valence-corrected chi connectivity index (χ0v) is 14.6. The maximum Gasteiger partial charge on any atom is 0.253 e. The average Bonchev–Trinajstić information content (AvgIpc) is 3.01. The number of hydrogen-bond donors (Lipinski definition) is 2. The van der Waals surface area contributed by atoms with Crippen LogP contribution in [0.4, 0.5) is 11.4 Å². The van der Waals surface area contributed by atoms with Crippen molar-refractivity contribution in [1.29, 1.82) is 0 Å². The van der Waals surface area contributed by atoms with Crippen LogP contribution >= 0.6 is 0 Å². The Hall–Kier alpha value is -1.92. The van der Waals surface area contributed by atoms with Crippen molar-refractivity contribution in [3.05, 3.63) is 24.3 Å². The summed E-state index contributed by atoms with van der Waals surface area (Å²) in [7, 11) is 0. The van der Waals surface area contributed by atoms with Crippen molar-refractivity contribution in [2.45, 2.75) is 44.6 Å². The van der Waals surface area contributed by atoms with Crippen LogP contribution in [0.1, 0.15) is 38.5 Å². The Morgan fingerprint density at radius 1 is 1.04 bits per heavy atom. The molecule has 1 aromatic rings. The molecule has 2 aliphatic heterocycles. The van der Waals surface area contributed by atoms with Gasteiger partial charge < -0.3 is 15.4 Å². The van der Waals surface area contributed by atoms with Gasteiger partial charge in [0.2, 0.25) is 5.91 Å². The molecule has 2 fully saturated rings. The lowest BCUT2D eigenvalue weighted by atomic mass is 10.2. The highest BCUT2D eigenvalue weighted by atomic mass is 16.5. The van der Waals surface area contributed by atoms with Gasteiger partial charge in [0, 0.05) is 18.0 Å². The van der Waals surface area contributed by atoms with Gasteiger partial charge in [0.25, 0.3) is 5.91 Å². The first-order valence-corrected chi connectivity index (χ1v) is 9.25. The molecule has 0 radical (unpaired) electrons. The highest BCUT2D eigenvalue weighted by Crippen LogP contribution is 2.18. The average molecular weight is 345 g/mol. The van der Waals surface area contributed by atoms with Crippen molar-refractivity contribution in [1.82, 2.24) is 4.90 Å². The molecule has 136 valence electrons. The Kier molecular flexibility index (Phi) is 6.42. The molecule has 0 spiro atoms. The first kappa shape index (κ1) is 17.9. The molecule has 0 bridgehead atoms. The lowest BCUT2D eigenvalue weighted by Gasteiger charge is -2.19. The lowest BCUT2D eigenvalue weighted by Crippen LogP contribution is -2.33. The van der Waals surface area contributed by atoms with E-state index in [0.717, 1.165) is 38.8 Å². The fraction of sp³-hybridized carbons (Fsp3) is 0.579. The minimum absolute atomic E-state index is 0.00972. The summed E-state index contributed by atoms with van der Waals surface area (Å²) in [5, 5.41) is 5.79. The zero-order chi connectivity index (χ0) is 17.5. The summed E-state index contributed by atoms with van der Waals surface area (Å²) in [6, 6.07) is 7.26. The molecule has 0 saturated carbocycles. The van der Waals surface area contributed by atoms with E-state index in [0.29, 0.717) is 24.5 Å². The molecule has 2 N–H and O–H groups in total. The number of rotatable bonds is 5. The zero-order valence-electron chi connectivity index (χ0n) is 14.6. The molecular weight excluding hydrogens is 318 g/mol. The fourth-order valence-corrected chi connectivity index (χ4v) is 3.38. The Labute approximate surface area is 148 Å². The Bertz CT molecular complexity index is 591. The molecule has 2 saturated heterocycles. The molecule has 0 aliphatic carbocycles. The normalized spacial score (nSPS) is 21.5. The lowest BCUT2D eigenvalue weighted by molar-refractivity contribution is -0.124. The van der Waals surface area contributed by atoms with Crippen molar-refractivity contribution < 1.29 is 14.3 Å². The van der Waals surface area contributed by atoms with Crippen molar-refractivity contribution in [2.24, 2.45) is 0 Å². The third-order valence-corrected chi connectivity index (χ3v) is 4.70. The molecule has 25 heavy (non-hydrogen) atoms. The maximum atomic E-state index is 12.3. The van der Waals surface area contributed by atoms with E-state index in [-0.39, 0.29) is 17.9 Å². The third kappa shape index (κ3) is 5.54. The van der Waals surface area contributed by atoms with Crippen LogP contribution in [-0.4, -0.2) is 49.1 Å². The van der Waals surface area contributed by atoms with Gasteiger partial charge in [-0.25, -0.2) is 0 Å². The van der Waals surface area contributed by atoms with Crippen LogP contribution in [0, 0.1) is 0 Å². The molecule has 2 aliphatic rings. The Balaban J connectivity index is 1.51. The van der Waals surface area contributed by atoms with Gasteiger partial charge in [-0.15, -0.1) is 0 Å². The minimum atomic E-state index is -0.360. The van der Waals surface area contributed by atoms with E-state index >= 15 is 0 Å². The van der Waals surface area contributed by atoms with E-state index in [1.807, 2.05) is 18.2 Å². The summed E-state index contributed by atoms with van der Waals surface area (Å²) < 4.78 is 5.39. The molecule has 0 aromatic heterocycles. The number of ether oxygens (including phenoxy) is 1. The van der Waals surface area contributed by atoms with E-state index in [1.54, 1.807) is 6.07 Å². The van der Waals surface area contributed by atoms with Gasteiger partial charge in [0.05, 0.1) is 6.54 Å². The van der Waals surface area contributed by atoms with Crippen molar-refractivity contribution in [2.75, 3.05) is 36.9 Å². The van der Waals surface area contributed by atoms with Gasteiger partial charge in [-0.05, 0) is 57.0 Å². The highest BCUT2D eigenvalue weighted by molar-refractivity contribution is 5.96. The minimum Gasteiger partial charge on any atom is -0.368 e. The largest absolute Gasteiger partial charge is 0.368 e. The number of nitrogens with zero attached hydrogens (tertiary/aromatic N) is 1. The number of amides is 2. The predicted molar refractivity (Wildman–Crippen MR) is 97.6 cm³/mol. The van der Waals surface area contributed by atoms with Gasteiger partial charge in [-0.1, -0.05) is 18.9 Å². The molecule has 2 amide bonds. The van der Waals surface area contributed by atoms with Crippen molar-refractivity contribution in [3.8, 4) is 0 Å². The third-order valence-electron chi connectivity index (χ3n) is 4.70. The quantitative estimate of drug-likeness (QED) is 0.861. The maximum absolute atomic E-state index is 12.3. The summed E-state index contributed by atoms with van der Waals surface area (Å²) in [5.74, 6) is -0.130. The van der Waals surface area contributed by atoms with E-state index in [9.17, 15) is 9.59 Å². The summed E-state index contributed by atoms with van der Waals surface area (Å²) in [6.45, 7) is 3.05. The van der Waals surface area contributed by atoms with Gasteiger partial charge in [-0.3, -0.25) is 14.5 Å². The second kappa shape index (κ2) is 8.97. The van der Waals surface area contributed by atoms with Crippen LogP contribution in [0.25, 0.3) is 0 Å². The second-order valence-electron chi connectivity index (χ2n) is 6.81. The van der Waals surface area contributed by atoms with Crippen molar-refractivity contribution in [3.63, 3.8) is 0 Å². The molecule has 1 atom stereocenters. The summed E-state index contributed by atoms with van der Waals surface area (Å²) in [4.78, 5) is 26.6. The molecule has 6 heteroatoms. The van der Waals surface area contributed by atoms with Crippen LogP contribution in [0.15, 0.2) is 24.3 Å². The summed E-state index contributed by atoms with van der Waals surface area (Å²) >= 11 is 0. The molecule has 1 unspecified atom stereocenters. The monoisotopic (exact) mass is 345 g/mol. The van der Waals surface area contributed by atoms with Crippen molar-refractivity contribution >= 4 is 23.2 Å². The summed E-state index contributed by atoms with van der Waals surface area (Å²) in [6.07, 6.45) is 6.16. The van der Waals surface area contributed by atoms with Crippen LogP contribution in [0.3, 0.4) is 0 Å². The number of anilines is 2. The van der Waals surface area contributed by atoms with Gasteiger partial charge in [0.1, 0.15) is 6.10 Å². The molecule has 2 heterocycles. The first-order chi connectivity index (χ1) is 12.2. The molecule has 1 aromatic carbocycles. The highest BCUT2D eigenvalue weighted by Gasteiger charge is 2.23. The molecule has 6 nitrogen and oxygen atoms in total. The standard InChI is InChI=1S/C19H27N3O3/c23-18(14-22-10-3-1-2-4-11-22)20-15-7-5-8-16(13-15)21-19(24)17-9-6-12-25-17/h5,7-8,13,17H,1-4,6,9-12,14H2,(H,20,23)(H,21,24). The number of benzene rings is 1. The fourth-order valence-electron chi connectivity index (χ4n) is 3.38. The Morgan fingerprint density at radius 3 is 2.44 bits per heavy atom. The van der Waals surface area contributed by atoms with Gasteiger partial charge >= 0.3 is 0 Å². The van der Waals surface area contributed by atoms with Gasteiger partial charge in [-0.2, -0.15) is 0 Å². The molecular formula is C19H27N3O3. The van der Waals surface area contributed by atoms with E-state index < -0.39 is 0 Å². The second-order valence-corrected chi connectivity index (χ2v) is 6.81. The van der Waals surface area contributed by atoms with E-state index in [1.165, 1.54) is 12.8 Å². The number of carbonyl (C=O) groups excluding carboxylic acids is 2. The van der Waals surface area contributed by atoms with Crippen LogP contribution in [0.2, 0.25) is 0 Å². The number of likely N-dealkylation sites (tertiary alicyclic amines) is 1. The van der Waals surface area contributed by atoms with Crippen LogP contribution in [-0.2, 0) is 14.3 Å². The number of hydrogen-bond acceptors (Lipinski definition) is 4. The van der Waals surface area contributed by atoms with Crippen LogP contribution < -0.4 is 10.6 Å². The summed E-state index contributed by atoms with van der Waals surface area (Å²) in [5.41, 5.74) is 1.37. The SMILES string of the molecule is O=C(CN1CCCCCC1)Nc1cccc(NC(=O)C2CCCO2)c1. The molecule has 3 rings (SSSR count). The predicted octanol–water partition coefficient (Wildman–Crippen LogP) is 2.62. The number of nitrogens with one attached hydrogen (secondary N) is 2. The smallest absolute Gasteiger partial charge is 0.253 e. The Morgan fingerprint density at radius 2 is 1.76 bits per heavy atom. The van der Waals surface area contributed by atoms with E-state index in [4.69, 9.17) is 4.74 Å². The topological polar surface area (TPSA) is 70.7 Å². The number of carbonyl (C=O) groups is 2. The van der Waals surface area contributed by atoms with E-state index in [2.05, 4.69) is 15.5 Å².